The van der Waals surface area contributed by atoms with Crippen LogP contribution in [0.5, 0.6) is 0 Å². The van der Waals surface area contributed by atoms with E-state index in [9.17, 15) is 0 Å². The van der Waals surface area contributed by atoms with Gasteiger partial charge in [-0.25, -0.2) is 0 Å². The van der Waals surface area contributed by atoms with Crippen LogP contribution in [0.3, 0.4) is 0 Å². The molecule has 0 aromatic heterocycles. The second-order valence-corrected chi connectivity index (χ2v) is 4.36. The molecule has 19 heavy (non-hydrogen) atoms. The quantitative estimate of drug-likeness (QED) is 0.262. The zero-order chi connectivity index (χ0) is 14.2. The van der Waals surface area contributed by atoms with Crippen LogP contribution in [0.15, 0.2) is 17.1 Å². The molecule has 4 heteroatoms. The highest BCUT2D eigenvalue weighted by atomic mass is 16.5. The lowest BCUT2D eigenvalue weighted by Gasteiger charge is -2.10. The minimum atomic E-state index is 0.807. The minimum Gasteiger partial charge on any atom is -0.381 e. The fourth-order valence-corrected chi connectivity index (χ4v) is 1.49. The predicted molar refractivity (Wildman–Crippen MR) is 83.8 cm³/mol. The Balaban J connectivity index is 3.66. The predicted octanol–water partition coefficient (Wildman–Crippen LogP) is 2.71. The maximum atomic E-state index is 5.51. The number of ether oxygens (including phenoxy) is 1. The summed E-state index contributed by atoms with van der Waals surface area (Å²) in [5.41, 5.74) is 0. The molecule has 0 aromatic rings. The van der Waals surface area contributed by atoms with Gasteiger partial charge in [0.05, 0.1) is 0 Å². The number of unbranched alkanes of at least 4 members (excludes halogenated alkanes) is 1. The summed E-state index contributed by atoms with van der Waals surface area (Å²) >= 11 is 0. The van der Waals surface area contributed by atoms with E-state index in [0.29, 0.717) is 0 Å². The molecular weight excluding hydrogens is 238 g/mol. The van der Waals surface area contributed by atoms with E-state index in [0.717, 1.165) is 58.1 Å². The van der Waals surface area contributed by atoms with Crippen molar-refractivity contribution < 1.29 is 4.74 Å². The van der Waals surface area contributed by atoms with Gasteiger partial charge < -0.3 is 15.4 Å². The van der Waals surface area contributed by atoms with Crippen LogP contribution < -0.4 is 10.6 Å². The normalized spacial score (nSPS) is 12.1. The molecule has 0 heterocycles. The summed E-state index contributed by atoms with van der Waals surface area (Å²) in [6.45, 7) is 10.6. The average molecular weight is 269 g/mol. The number of allylic oxidation sites excluding steroid dienone is 1. The van der Waals surface area contributed by atoms with E-state index in [1.165, 1.54) is 6.42 Å². The maximum Gasteiger partial charge on any atom is 0.191 e. The van der Waals surface area contributed by atoms with Gasteiger partial charge in [0.25, 0.3) is 0 Å². The van der Waals surface area contributed by atoms with Crippen LogP contribution in [-0.2, 0) is 4.74 Å². The van der Waals surface area contributed by atoms with Crippen LogP contribution in [0.1, 0.15) is 46.5 Å². The lowest BCUT2D eigenvalue weighted by molar-refractivity contribution is 0.130. The van der Waals surface area contributed by atoms with Crippen molar-refractivity contribution in [3.8, 4) is 0 Å². The Hall–Kier alpha value is -1.03. The van der Waals surface area contributed by atoms with Gasteiger partial charge in [-0.3, -0.25) is 4.99 Å². The molecule has 0 rings (SSSR count). The molecule has 0 aliphatic rings. The molecule has 0 aromatic carbocycles. The number of hydrogen-bond donors (Lipinski definition) is 2. The zero-order valence-electron chi connectivity index (χ0n) is 12.9. The SMILES string of the molecule is C/C=C/CCNC(=NCCCOCCCC)NCC. The Kier molecular flexibility index (Phi) is 14.2. The highest BCUT2D eigenvalue weighted by molar-refractivity contribution is 5.79. The Labute approximate surface area is 118 Å². The largest absolute Gasteiger partial charge is 0.381 e. The average Bonchev–Trinajstić information content (AvgIpc) is 2.42. The van der Waals surface area contributed by atoms with Crippen LogP contribution in [0.4, 0.5) is 0 Å². The lowest BCUT2D eigenvalue weighted by atomic mass is 10.4. The van der Waals surface area contributed by atoms with Crippen molar-refractivity contribution in [3.05, 3.63) is 12.2 Å². The molecule has 112 valence electrons. The van der Waals surface area contributed by atoms with Gasteiger partial charge in [-0.15, -0.1) is 0 Å². The van der Waals surface area contributed by atoms with Crippen molar-refractivity contribution in [2.75, 3.05) is 32.8 Å². The maximum absolute atomic E-state index is 5.51. The van der Waals surface area contributed by atoms with Gasteiger partial charge in [-0.05, 0) is 33.1 Å². The highest BCUT2D eigenvalue weighted by Gasteiger charge is 1.95. The molecule has 0 bridgehead atoms. The second-order valence-electron chi connectivity index (χ2n) is 4.36. The first-order chi connectivity index (χ1) is 9.35. The molecule has 4 nitrogen and oxygen atoms in total. The summed E-state index contributed by atoms with van der Waals surface area (Å²) in [4.78, 5) is 4.52. The first-order valence-electron chi connectivity index (χ1n) is 7.56. The van der Waals surface area contributed by atoms with Gasteiger partial charge in [0.1, 0.15) is 0 Å². The Morgan fingerprint density at radius 3 is 2.63 bits per heavy atom. The molecule has 0 aliphatic carbocycles. The second kappa shape index (κ2) is 15.0. The van der Waals surface area contributed by atoms with Crippen molar-refractivity contribution in [1.29, 1.82) is 0 Å². The molecule has 2 N–H and O–H groups in total. The van der Waals surface area contributed by atoms with E-state index >= 15 is 0 Å². The number of nitrogens with zero attached hydrogens (tertiary/aromatic N) is 1. The van der Waals surface area contributed by atoms with Crippen molar-refractivity contribution in [2.45, 2.75) is 46.5 Å². The third-order valence-electron chi connectivity index (χ3n) is 2.54. The zero-order valence-corrected chi connectivity index (χ0v) is 12.9. The Morgan fingerprint density at radius 2 is 1.95 bits per heavy atom. The molecule has 0 amide bonds. The van der Waals surface area contributed by atoms with E-state index in [2.05, 4.69) is 41.6 Å². The van der Waals surface area contributed by atoms with Crippen LogP contribution in [-0.4, -0.2) is 38.8 Å². The molecule has 0 saturated carbocycles. The number of rotatable bonds is 11. The van der Waals surface area contributed by atoms with Crippen LogP contribution in [0, 0.1) is 0 Å². The number of hydrogen-bond acceptors (Lipinski definition) is 2. The molecule has 0 aliphatic heterocycles. The Morgan fingerprint density at radius 1 is 1.16 bits per heavy atom. The fraction of sp³-hybridized carbons (Fsp3) is 0.800. The molecule has 0 unspecified atom stereocenters. The molecule has 0 spiro atoms. The monoisotopic (exact) mass is 269 g/mol. The minimum absolute atomic E-state index is 0.807. The van der Waals surface area contributed by atoms with Crippen LogP contribution >= 0.6 is 0 Å². The fourth-order valence-electron chi connectivity index (χ4n) is 1.49. The van der Waals surface area contributed by atoms with E-state index < -0.39 is 0 Å². The van der Waals surface area contributed by atoms with Gasteiger partial charge in [-0.1, -0.05) is 25.5 Å². The molecule has 0 fully saturated rings. The Bertz CT molecular complexity index is 240. The summed E-state index contributed by atoms with van der Waals surface area (Å²) in [5.74, 6) is 0.903. The topological polar surface area (TPSA) is 45.7 Å². The number of aliphatic imine (C=N–C) groups is 1. The van der Waals surface area contributed by atoms with E-state index in [1.54, 1.807) is 0 Å². The third kappa shape index (κ3) is 13.2. The first kappa shape index (κ1) is 18.0. The standard InChI is InChI=1S/C15H31N3O/c1-4-7-9-11-17-15(16-6-3)18-12-10-14-19-13-8-5-2/h4,7H,5-6,8-14H2,1-3H3,(H2,16,17,18)/b7-4+. The summed E-state index contributed by atoms with van der Waals surface area (Å²) in [6, 6.07) is 0. The summed E-state index contributed by atoms with van der Waals surface area (Å²) in [7, 11) is 0. The van der Waals surface area contributed by atoms with Gasteiger partial charge in [-0.2, -0.15) is 0 Å². The van der Waals surface area contributed by atoms with Crippen LogP contribution in [0.25, 0.3) is 0 Å². The van der Waals surface area contributed by atoms with Gasteiger partial charge in [0, 0.05) is 32.8 Å². The van der Waals surface area contributed by atoms with Crippen molar-refractivity contribution in [3.63, 3.8) is 0 Å². The molecule has 0 radical (unpaired) electrons. The number of nitrogens with one attached hydrogen (secondary N) is 2. The van der Waals surface area contributed by atoms with E-state index in [-0.39, 0.29) is 0 Å². The van der Waals surface area contributed by atoms with Crippen molar-refractivity contribution in [1.82, 2.24) is 10.6 Å². The number of guanidine groups is 1. The molecular formula is C15H31N3O. The van der Waals surface area contributed by atoms with Crippen LogP contribution in [0.2, 0.25) is 0 Å². The molecule has 0 atom stereocenters. The lowest BCUT2D eigenvalue weighted by Crippen LogP contribution is -2.37. The van der Waals surface area contributed by atoms with Crippen molar-refractivity contribution >= 4 is 5.96 Å². The highest BCUT2D eigenvalue weighted by Crippen LogP contribution is 1.90. The summed E-state index contributed by atoms with van der Waals surface area (Å²) < 4.78 is 5.51. The van der Waals surface area contributed by atoms with Crippen molar-refractivity contribution in [2.24, 2.45) is 4.99 Å². The summed E-state index contributed by atoms with van der Waals surface area (Å²) in [5, 5.41) is 6.56. The van der Waals surface area contributed by atoms with Gasteiger partial charge in [0.2, 0.25) is 0 Å². The molecule has 0 saturated heterocycles. The third-order valence-corrected chi connectivity index (χ3v) is 2.54. The summed E-state index contributed by atoms with van der Waals surface area (Å²) in [6.07, 6.45) is 8.57. The first-order valence-corrected chi connectivity index (χ1v) is 7.56. The smallest absolute Gasteiger partial charge is 0.191 e. The van der Waals surface area contributed by atoms with Gasteiger partial charge in [0.15, 0.2) is 5.96 Å². The van der Waals surface area contributed by atoms with E-state index in [1.807, 2.05) is 6.92 Å². The van der Waals surface area contributed by atoms with Gasteiger partial charge >= 0.3 is 0 Å². The van der Waals surface area contributed by atoms with E-state index in [4.69, 9.17) is 4.74 Å².